The van der Waals surface area contributed by atoms with Gasteiger partial charge in [0, 0.05) is 12.5 Å². The first kappa shape index (κ1) is 13.4. The smallest absolute Gasteiger partial charge is 0.324 e. The van der Waals surface area contributed by atoms with Crippen LogP contribution in [0.3, 0.4) is 0 Å². The Morgan fingerprint density at radius 1 is 1.11 bits per heavy atom. The molecule has 0 amide bonds. The van der Waals surface area contributed by atoms with E-state index in [1.165, 1.54) is 17.5 Å². The van der Waals surface area contributed by atoms with E-state index < -0.39 is 18.6 Å². The normalized spacial score (nSPS) is 17.3. The maximum absolute atomic E-state index is 12.1. The van der Waals surface area contributed by atoms with Gasteiger partial charge >= 0.3 is 6.18 Å². The topological polar surface area (TPSA) is 26.0 Å². The number of nitrogens with two attached hydrogens (primary N) is 1. The van der Waals surface area contributed by atoms with Crippen molar-refractivity contribution in [3.05, 3.63) is 34.9 Å². The SMILES string of the molecule is NC(CCC(F)(F)F)c1ccc2c(c1)CCCC2. The highest BCUT2D eigenvalue weighted by Crippen LogP contribution is 2.29. The fourth-order valence-corrected chi connectivity index (χ4v) is 2.47. The molecular formula is C14H18F3N. The van der Waals surface area contributed by atoms with E-state index in [0.717, 1.165) is 24.8 Å². The standard InChI is InChI=1S/C14H18F3N/c15-14(16,17)8-7-13(18)12-6-5-10-3-1-2-4-11(10)9-12/h5-6,9,13H,1-4,7-8,18H2. The van der Waals surface area contributed by atoms with Crippen LogP contribution in [0.15, 0.2) is 18.2 Å². The molecule has 0 saturated carbocycles. The van der Waals surface area contributed by atoms with Gasteiger partial charge in [-0.3, -0.25) is 0 Å². The largest absolute Gasteiger partial charge is 0.389 e. The number of aryl methyl sites for hydroxylation is 2. The molecule has 100 valence electrons. The minimum absolute atomic E-state index is 0.0394. The van der Waals surface area contributed by atoms with Gasteiger partial charge in [-0.05, 0) is 48.8 Å². The fourth-order valence-electron chi connectivity index (χ4n) is 2.47. The summed E-state index contributed by atoms with van der Waals surface area (Å²) < 4.78 is 36.4. The summed E-state index contributed by atoms with van der Waals surface area (Å²) in [5, 5.41) is 0. The number of alkyl halides is 3. The highest BCUT2D eigenvalue weighted by Gasteiger charge is 2.28. The van der Waals surface area contributed by atoms with Crippen molar-refractivity contribution in [2.45, 2.75) is 50.7 Å². The number of hydrogen-bond acceptors (Lipinski definition) is 1. The Morgan fingerprint density at radius 2 is 1.78 bits per heavy atom. The summed E-state index contributed by atoms with van der Waals surface area (Å²) in [6.45, 7) is 0. The lowest BCUT2D eigenvalue weighted by Crippen LogP contribution is -2.16. The minimum Gasteiger partial charge on any atom is -0.324 e. The monoisotopic (exact) mass is 257 g/mol. The molecule has 1 atom stereocenters. The predicted molar refractivity (Wildman–Crippen MR) is 65.3 cm³/mol. The molecule has 1 aliphatic carbocycles. The Hall–Kier alpha value is -1.03. The first-order valence-corrected chi connectivity index (χ1v) is 6.40. The van der Waals surface area contributed by atoms with Crippen LogP contribution in [0.5, 0.6) is 0 Å². The molecule has 1 unspecified atom stereocenters. The van der Waals surface area contributed by atoms with E-state index in [0.29, 0.717) is 0 Å². The number of rotatable bonds is 3. The molecule has 0 aromatic heterocycles. The van der Waals surface area contributed by atoms with Gasteiger partial charge in [-0.15, -0.1) is 0 Å². The zero-order chi connectivity index (χ0) is 13.2. The molecule has 0 saturated heterocycles. The highest BCUT2D eigenvalue weighted by molar-refractivity contribution is 5.35. The second-order valence-electron chi connectivity index (χ2n) is 5.00. The van der Waals surface area contributed by atoms with E-state index in [1.54, 1.807) is 0 Å². The molecule has 0 spiro atoms. The summed E-state index contributed by atoms with van der Waals surface area (Å²) in [4.78, 5) is 0. The molecule has 0 fully saturated rings. The quantitative estimate of drug-likeness (QED) is 0.873. The first-order chi connectivity index (χ1) is 8.46. The average Bonchev–Trinajstić information content (AvgIpc) is 2.34. The van der Waals surface area contributed by atoms with E-state index in [4.69, 9.17) is 5.73 Å². The van der Waals surface area contributed by atoms with Gasteiger partial charge in [0.15, 0.2) is 0 Å². The predicted octanol–water partition coefficient (Wildman–Crippen LogP) is 3.91. The number of fused-ring (bicyclic) bond motifs is 1. The number of benzene rings is 1. The molecular weight excluding hydrogens is 239 g/mol. The molecule has 2 rings (SSSR count). The van der Waals surface area contributed by atoms with Crippen LogP contribution in [0.1, 0.15) is 48.4 Å². The van der Waals surface area contributed by atoms with Gasteiger partial charge in [0.1, 0.15) is 0 Å². The van der Waals surface area contributed by atoms with Gasteiger partial charge in [-0.1, -0.05) is 18.2 Å². The molecule has 0 aliphatic heterocycles. The van der Waals surface area contributed by atoms with Gasteiger partial charge in [-0.2, -0.15) is 13.2 Å². The number of hydrogen-bond donors (Lipinski definition) is 1. The van der Waals surface area contributed by atoms with Crippen molar-refractivity contribution in [1.82, 2.24) is 0 Å². The Balaban J connectivity index is 2.04. The van der Waals surface area contributed by atoms with E-state index in [2.05, 4.69) is 0 Å². The molecule has 0 radical (unpaired) electrons. The van der Waals surface area contributed by atoms with Crippen molar-refractivity contribution < 1.29 is 13.2 Å². The third kappa shape index (κ3) is 3.48. The van der Waals surface area contributed by atoms with Crippen molar-refractivity contribution in [2.75, 3.05) is 0 Å². The molecule has 1 nitrogen and oxygen atoms in total. The van der Waals surface area contributed by atoms with Crippen LogP contribution in [0.4, 0.5) is 13.2 Å². The lowest BCUT2D eigenvalue weighted by Gasteiger charge is -2.19. The van der Waals surface area contributed by atoms with Crippen LogP contribution in [0, 0.1) is 0 Å². The number of halogens is 3. The molecule has 18 heavy (non-hydrogen) atoms. The highest BCUT2D eigenvalue weighted by atomic mass is 19.4. The van der Waals surface area contributed by atoms with Gasteiger partial charge in [0.2, 0.25) is 0 Å². The van der Waals surface area contributed by atoms with Crippen LogP contribution >= 0.6 is 0 Å². The van der Waals surface area contributed by atoms with Gasteiger partial charge in [-0.25, -0.2) is 0 Å². The molecule has 1 aliphatic rings. The zero-order valence-electron chi connectivity index (χ0n) is 10.3. The van der Waals surface area contributed by atoms with Gasteiger partial charge in [0.25, 0.3) is 0 Å². The Bertz CT molecular complexity index is 412. The third-order valence-electron chi connectivity index (χ3n) is 3.54. The fraction of sp³-hybridized carbons (Fsp3) is 0.571. The van der Waals surface area contributed by atoms with Crippen LogP contribution in [0.25, 0.3) is 0 Å². The Kier molecular flexibility index (Phi) is 3.95. The molecule has 0 bridgehead atoms. The molecule has 2 N–H and O–H groups in total. The summed E-state index contributed by atoms with van der Waals surface area (Å²) in [6, 6.07) is 5.39. The second kappa shape index (κ2) is 5.31. The molecule has 1 aromatic rings. The van der Waals surface area contributed by atoms with Crippen molar-refractivity contribution in [3.8, 4) is 0 Å². The minimum atomic E-state index is -4.12. The Labute approximate surface area is 105 Å². The zero-order valence-corrected chi connectivity index (χ0v) is 10.3. The van der Waals surface area contributed by atoms with Gasteiger partial charge < -0.3 is 5.73 Å². The second-order valence-corrected chi connectivity index (χ2v) is 5.00. The first-order valence-electron chi connectivity index (χ1n) is 6.40. The van der Waals surface area contributed by atoms with Crippen molar-refractivity contribution in [2.24, 2.45) is 5.73 Å². The molecule has 0 heterocycles. The average molecular weight is 257 g/mol. The maximum atomic E-state index is 12.1. The summed E-state index contributed by atoms with van der Waals surface area (Å²) >= 11 is 0. The molecule has 1 aromatic carbocycles. The summed E-state index contributed by atoms with van der Waals surface area (Å²) in [7, 11) is 0. The van der Waals surface area contributed by atoms with E-state index in [1.807, 2.05) is 18.2 Å². The van der Waals surface area contributed by atoms with Crippen LogP contribution in [-0.2, 0) is 12.8 Å². The van der Waals surface area contributed by atoms with Crippen molar-refractivity contribution in [3.63, 3.8) is 0 Å². The van der Waals surface area contributed by atoms with Crippen molar-refractivity contribution in [1.29, 1.82) is 0 Å². The Morgan fingerprint density at radius 3 is 2.44 bits per heavy atom. The van der Waals surface area contributed by atoms with Crippen LogP contribution in [-0.4, -0.2) is 6.18 Å². The summed E-state index contributed by atoms with van der Waals surface area (Å²) in [6.07, 6.45) is -0.511. The molecule has 4 heteroatoms. The van der Waals surface area contributed by atoms with Crippen molar-refractivity contribution >= 4 is 0 Å². The van der Waals surface area contributed by atoms with E-state index >= 15 is 0 Å². The lowest BCUT2D eigenvalue weighted by atomic mass is 9.88. The summed E-state index contributed by atoms with van der Waals surface area (Å²) in [5.74, 6) is 0. The maximum Gasteiger partial charge on any atom is 0.389 e. The van der Waals surface area contributed by atoms with Crippen LogP contribution in [0.2, 0.25) is 0 Å². The van der Waals surface area contributed by atoms with E-state index in [-0.39, 0.29) is 6.42 Å². The third-order valence-corrected chi connectivity index (χ3v) is 3.54. The lowest BCUT2D eigenvalue weighted by molar-refractivity contribution is -0.136. The summed E-state index contributed by atoms with van der Waals surface area (Å²) in [5.41, 5.74) is 9.26. The van der Waals surface area contributed by atoms with Crippen LogP contribution < -0.4 is 5.73 Å². The van der Waals surface area contributed by atoms with Gasteiger partial charge in [0.05, 0.1) is 0 Å². The van der Waals surface area contributed by atoms with E-state index in [9.17, 15) is 13.2 Å².